The third-order valence-electron chi connectivity index (χ3n) is 5.09. The van der Waals surface area contributed by atoms with Gasteiger partial charge in [-0.1, -0.05) is 11.6 Å². The van der Waals surface area contributed by atoms with Gasteiger partial charge in [0.05, 0.1) is 12.0 Å². The molecule has 0 saturated heterocycles. The number of halogens is 1. The molecular weight excluding hydrogens is 389 g/mol. The van der Waals surface area contributed by atoms with E-state index in [0.717, 1.165) is 38.1 Å². The van der Waals surface area contributed by atoms with Crippen LogP contribution in [0.2, 0.25) is 0 Å². The van der Waals surface area contributed by atoms with Crippen LogP contribution in [0.3, 0.4) is 0 Å². The highest BCUT2D eigenvalue weighted by Gasteiger charge is 2.20. The van der Waals surface area contributed by atoms with Gasteiger partial charge in [0.2, 0.25) is 5.76 Å². The maximum absolute atomic E-state index is 14.4. The Bertz CT molecular complexity index is 1200. The molecule has 30 heavy (non-hydrogen) atoms. The standard InChI is InChI=1S/C21H18FN5O3/c22-14-8-7-13(20-25-24-19-6-2-1-3-9-27(19)20)11-15(14)23-21(28)16-12-18(30-26-16)17-5-4-10-29-17/h4-5,7-8,10-12H,1-3,6,9H2,(H,23,28). The van der Waals surface area contributed by atoms with Gasteiger partial charge in [0.15, 0.2) is 17.3 Å². The summed E-state index contributed by atoms with van der Waals surface area (Å²) < 4.78 is 26.8. The van der Waals surface area contributed by atoms with E-state index in [9.17, 15) is 9.18 Å². The van der Waals surface area contributed by atoms with Crippen molar-refractivity contribution in [2.45, 2.75) is 32.2 Å². The largest absolute Gasteiger partial charge is 0.461 e. The van der Waals surface area contributed by atoms with Crippen LogP contribution in [0.25, 0.3) is 22.9 Å². The molecule has 0 radical (unpaired) electrons. The number of hydrogen-bond donors (Lipinski definition) is 1. The van der Waals surface area contributed by atoms with Crippen molar-refractivity contribution in [1.82, 2.24) is 19.9 Å². The lowest BCUT2D eigenvalue weighted by Gasteiger charge is -2.10. The third kappa shape index (κ3) is 3.38. The number of furan rings is 1. The van der Waals surface area contributed by atoms with Gasteiger partial charge in [-0.15, -0.1) is 10.2 Å². The number of benzene rings is 1. The molecule has 1 amide bonds. The summed E-state index contributed by atoms with van der Waals surface area (Å²) in [5.74, 6) is 1.22. The van der Waals surface area contributed by atoms with E-state index in [1.165, 1.54) is 18.4 Å². The van der Waals surface area contributed by atoms with Crippen LogP contribution < -0.4 is 5.32 Å². The van der Waals surface area contributed by atoms with E-state index in [0.29, 0.717) is 22.9 Å². The van der Waals surface area contributed by atoms with Gasteiger partial charge in [-0.25, -0.2) is 4.39 Å². The van der Waals surface area contributed by atoms with E-state index in [1.807, 2.05) is 0 Å². The van der Waals surface area contributed by atoms with Gasteiger partial charge in [0.1, 0.15) is 11.6 Å². The lowest BCUT2D eigenvalue weighted by atomic mass is 10.1. The van der Waals surface area contributed by atoms with Gasteiger partial charge in [0.25, 0.3) is 5.91 Å². The Morgan fingerprint density at radius 3 is 2.90 bits per heavy atom. The van der Waals surface area contributed by atoms with Crippen LogP contribution in [0.4, 0.5) is 10.1 Å². The van der Waals surface area contributed by atoms with Crippen molar-refractivity contribution in [2.75, 3.05) is 5.32 Å². The maximum Gasteiger partial charge on any atom is 0.277 e. The number of amides is 1. The van der Waals surface area contributed by atoms with Crippen molar-refractivity contribution in [3.63, 3.8) is 0 Å². The second kappa shape index (κ2) is 7.58. The minimum absolute atomic E-state index is 0.0162. The third-order valence-corrected chi connectivity index (χ3v) is 5.09. The fourth-order valence-corrected chi connectivity index (χ4v) is 3.56. The fourth-order valence-electron chi connectivity index (χ4n) is 3.56. The predicted octanol–water partition coefficient (Wildman–Crippen LogP) is 4.31. The Morgan fingerprint density at radius 2 is 2.03 bits per heavy atom. The number of nitrogens with one attached hydrogen (secondary N) is 1. The molecule has 0 atom stereocenters. The van der Waals surface area contributed by atoms with E-state index >= 15 is 0 Å². The van der Waals surface area contributed by atoms with Crippen LogP contribution >= 0.6 is 0 Å². The number of aryl methyl sites for hydroxylation is 1. The number of anilines is 1. The van der Waals surface area contributed by atoms with Gasteiger partial charge >= 0.3 is 0 Å². The molecule has 8 nitrogen and oxygen atoms in total. The molecule has 0 saturated carbocycles. The Hall–Kier alpha value is -3.75. The smallest absolute Gasteiger partial charge is 0.277 e. The van der Waals surface area contributed by atoms with E-state index in [2.05, 4.69) is 25.2 Å². The highest BCUT2D eigenvalue weighted by Crippen LogP contribution is 2.27. The summed E-state index contributed by atoms with van der Waals surface area (Å²) in [7, 11) is 0. The predicted molar refractivity (Wildman–Crippen MR) is 105 cm³/mol. The molecule has 5 rings (SSSR count). The van der Waals surface area contributed by atoms with E-state index < -0.39 is 11.7 Å². The molecule has 4 heterocycles. The number of carbonyl (C=O) groups is 1. The zero-order chi connectivity index (χ0) is 20.5. The van der Waals surface area contributed by atoms with Gasteiger partial charge in [-0.2, -0.15) is 0 Å². The second-order valence-electron chi connectivity index (χ2n) is 7.10. The Labute approximate surface area is 170 Å². The molecule has 1 aliphatic heterocycles. The molecule has 0 unspecified atom stereocenters. The first-order chi connectivity index (χ1) is 14.7. The summed E-state index contributed by atoms with van der Waals surface area (Å²) in [6.07, 6.45) is 5.64. The quantitative estimate of drug-likeness (QED) is 0.541. The number of hydrogen-bond acceptors (Lipinski definition) is 6. The monoisotopic (exact) mass is 407 g/mol. The molecule has 1 aromatic carbocycles. The van der Waals surface area contributed by atoms with Crippen molar-refractivity contribution in [1.29, 1.82) is 0 Å². The van der Waals surface area contributed by atoms with Gasteiger partial charge in [0, 0.05) is 24.6 Å². The van der Waals surface area contributed by atoms with Crippen molar-refractivity contribution < 1.29 is 18.1 Å². The fraction of sp³-hybridized carbons (Fsp3) is 0.238. The first kappa shape index (κ1) is 18.3. The average Bonchev–Trinajstić information content (AvgIpc) is 3.48. The van der Waals surface area contributed by atoms with Crippen LogP contribution in [0.5, 0.6) is 0 Å². The van der Waals surface area contributed by atoms with Crippen LogP contribution in [0, 0.1) is 5.82 Å². The van der Waals surface area contributed by atoms with Gasteiger partial charge < -0.3 is 18.8 Å². The summed E-state index contributed by atoms with van der Waals surface area (Å²) in [6.45, 7) is 0.825. The van der Waals surface area contributed by atoms with Crippen molar-refractivity contribution in [2.24, 2.45) is 0 Å². The second-order valence-corrected chi connectivity index (χ2v) is 7.10. The molecule has 1 N–H and O–H groups in total. The van der Waals surface area contributed by atoms with Crippen LogP contribution in [-0.2, 0) is 13.0 Å². The van der Waals surface area contributed by atoms with Crippen molar-refractivity contribution >= 4 is 11.6 Å². The number of nitrogens with zero attached hydrogens (tertiary/aromatic N) is 4. The summed E-state index contributed by atoms with van der Waals surface area (Å²) in [6, 6.07) is 9.33. The highest BCUT2D eigenvalue weighted by molar-refractivity contribution is 6.03. The first-order valence-electron chi connectivity index (χ1n) is 9.73. The molecule has 1 aliphatic rings. The van der Waals surface area contributed by atoms with Gasteiger partial charge in [-0.05, 0) is 43.2 Å². The zero-order valence-electron chi connectivity index (χ0n) is 16.0. The minimum Gasteiger partial charge on any atom is -0.461 e. The number of fused-ring (bicyclic) bond motifs is 1. The Balaban J connectivity index is 1.41. The summed E-state index contributed by atoms with van der Waals surface area (Å²) >= 11 is 0. The van der Waals surface area contributed by atoms with Crippen LogP contribution in [0.15, 0.2) is 51.6 Å². The summed E-state index contributed by atoms with van der Waals surface area (Å²) in [5, 5.41) is 14.9. The zero-order valence-corrected chi connectivity index (χ0v) is 16.0. The molecule has 0 fully saturated rings. The Kier molecular flexibility index (Phi) is 4.62. The molecule has 0 bridgehead atoms. The molecule has 0 aliphatic carbocycles. The topological polar surface area (TPSA) is 99.0 Å². The molecular formula is C21H18FN5O3. The van der Waals surface area contributed by atoms with Crippen LogP contribution in [0.1, 0.15) is 35.6 Å². The Morgan fingerprint density at radius 1 is 1.10 bits per heavy atom. The van der Waals surface area contributed by atoms with Crippen molar-refractivity contribution in [3.05, 3.63) is 60.0 Å². The van der Waals surface area contributed by atoms with Crippen LogP contribution in [-0.4, -0.2) is 25.8 Å². The molecule has 4 aromatic rings. The summed E-state index contributed by atoms with van der Waals surface area (Å²) in [4.78, 5) is 12.6. The molecule has 9 heteroatoms. The average molecular weight is 407 g/mol. The maximum atomic E-state index is 14.4. The number of carbonyl (C=O) groups excluding carboxylic acids is 1. The number of aromatic nitrogens is 4. The van der Waals surface area contributed by atoms with Crippen molar-refractivity contribution in [3.8, 4) is 22.9 Å². The first-order valence-corrected chi connectivity index (χ1v) is 9.73. The SMILES string of the molecule is O=C(Nc1cc(-c2nnc3n2CCCCC3)ccc1F)c1cc(-c2ccco2)on1. The lowest BCUT2D eigenvalue weighted by Crippen LogP contribution is -2.13. The van der Waals surface area contributed by atoms with E-state index in [-0.39, 0.29) is 11.4 Å². The normalized spacial score (nSPS) is 13.6. The number of rotatable bonds is 4. The van der Waals surface area contributed by atoms with Gasteiger partial charge in [-0.3, -0.25) is 4.79 Å². The van der Waals surface area contributed by atoms with E-state index in [1.54, 1.807) is 24.3 Å². The molecule has 3 aromatic heterocycles. The summed E-state index contributed by atoms with van der Waals surface area (Å²) in [5.41, 5.74) is 0.734. The minimum atomic E-state index is -0.590. The molecule has 152 valence electrons. The molecule has 0 spiro atoms. The highest BCUT2D eigenvalue weighted by atomic mass is 19.1. The van der Waals surface area contributed by atoms with E-state index in [4.69, 9.17) is 8.94 Å². The lowest BCUT2D eigenvalue weighted by molar-refractivity contribution is 0.101.